The maximum absolute atomic E-state index is 14.3. The Balaban J connectivity index is 1.96. The van der Waals surface area contributed by atoms with Crippen molar-refractivity contribution in [2.24, 2.45) is 23.2 Å². The van der Waals surface area contributed by atoms with E-state index >= 15 is 0 Å². The van der Waals surface area contributed by atoms with Crippen LogP contribution >= 0.6 is 0 Å². The monoisotopic (exact) mass is 668 g/mol. The van der Waals surface area contributed by atoms with Crippen LogP contribution in [0.2, 0.25) is 0 Å². The van der Waals surface area contributed by atoms with Crippen LogP contribution in [0.15, 0.2) is 0 Å². The molecule has 0 spiro atoms. The van der Waals surface area contributed by atoms with E-state index in [0.29, 0.717) is 32.5 Å². The summed E-state index contributed by atoms with van der Waals surface area (Å²) in [4.78, 5) is 49.0. The zero-order valence-electron chi connectivity index (χ0n) is 31.2. The van der Waals surface area contributed by atoms with E-state index in [9.17, 15) is 19.5 Å². The first kappa shape index (κ1) is 39.8. The lowest BCUT2D eigenvalue weighted by atomic mass is 9.74. The highest BCUT2D eigenvalue weighted by Gasteiger charge is 2.51. The highest BCUT2D eigenvalue weighted by Crippen LogP contribution is 2.38. The number of Topliss-reactive ketones (excluding diaryl/α,β-unsaturated/α-hetero) is 1. The molecule has 3 aliphatic rings. The molecule has 3 rings (SSSR count). The minimum absolute atomic E-state index is 0.0889. The number of piperidine rings is 1. The highest BCUT2D eigenvalue weighted by atomic mass is 16.7. The van der Waals surface area contributed by atoms with E-state index in [1.807, 2.05) is 63.8 Å². The molecule has 1 amide bonds. The minimum atomic E-state index is -1.47. The van der Waals surface area contributed by atoms with Gasteiger partial charge in [-0.15, -0.1) is 0 Å². The van der Waals surface area contributed by atoms with Crippen molar-refractivity contribution >= 4 is 17.7 Å². The molecule has 0 bridgehead atoms. The molecule has 272 valence electrons. The standard InChI is InChI=1S/C35H64N4O8/c1-22-17-35(6,44-12)31(47-32-29(41)26(37(9)10)16-23(2)46-32)24(3)30(42)34(4,5)33(43)45-21-27(38(11)18-22)25-14-13-15-39(19-25)28(40)20-36(7)8/h22-27,29,31-32,41H,13-21H2,1-12H3/t22-,23-,24+,25?,26+,27+,29-,31-,32+,35-/m1/s1. The van der Waals surface area contributed by atoms with E-state index in [0.717, 1.165) is 19.4 Å². The number of rotatable bonds is 7. The van der Waals surface area contributed by atoms with Gasteiger partial charge in [0.25, 0.3) is 0 Å². The van der Waals surface area contributed by atoms with E-state index < -0.39 is 41.4 Å². The summed E-state index contributed by atoms with van der Waals surface area (Å²) in [5, 5.41) is 11.3. The third-order valence-electron chi connectivity index (χ3n) is 10.7. The number of cyclic esters (lactones) is 1. The molecule has 3 aliphatic heterocycles. The number of aliphatic hydroxyl groups is 1. The number of ketones is 1. The van der Waals surface area contributed by atoms with Crippen LogP contribution < -0.4 is 0 Å². The Hall–Kier alpha value is -1.67. The van der Waals surface area contributed by atoms with Gasteiger partial charge in [-0.05, 0) is 100 Å². The number of carbonyl (C=O) groups excluding carboxylic acids is 3. The Morgan fingerprint density at radius 2 is 1.74 bits per heavy atom. The first-order chi connectivity index (χ1) is 21.8. The van der Waals surface area contributed by atoms with E-state index in [1.54, 1.807) is 27.9 Å². The largest absolute Gasteiger partial charge is 0.463 e. The van der Waals surface area contributed by atoms with Gasteiger partial charge < -0.3 is 38.8 Å². The topological polar surface area (TPSA) is 121 Å². The number of methoxy groups -OCH3 is 1. The van der Waals surface area contributed by atoms with Crippen molar-refractivity contribution in [3.63, 3.8) is 0 Å². The molecule has 47 heavy (non-hydrogen) atoms. The summed E-state index contributed by atoms with van der Waals surface area (Å²) < 4.78 is 25.0. The summed E-state index contributed by atoms with van der Waals surface area (Å²) >= 11 is 0. The number of ether oxygens (including phenoxy) is 4. The van der Waals surface area contributed by atoms with E-state index in [-0.39, 0.29) is 48.3 Å². The first-order valence-electron chi connectivity index (χ1n) is 17.4. The lowest BCUT2D eigenvalue weighted by Crippen LogP contribution is -2.59. The Bertz CT molecular complexity index is 1070. The SMILES string of the molecule is CO[C@]1(C)C[C@@H](C)CN(C)[C@H](C2CCCN(C(=O)CN(C)C)C2)COC(=O)C(C)(C)C(=O)[C@H](C)[C@H]1O[C@@H]1O[C@H](C)C[C@H](N(C)C)[C@H]1O. The summed E-state index contributed by atoms with van der Waals surface area (Å²) in [7, 11) is 11.3. The molecule has 0 aromatic heterocycles. The highest BCUT2D eigenvalue weighted by molar-refractivity contribution is 6.04. The van der Waals surface area contributed by atoms with Crippen LogP contribution in [0.3, 0.4) is 0 Å². The van der Waals surface area contributed by atoms with Gasteiger partial charge in [0.05, 0.1) is 24.4 Å². The van der Waals surface area contributed by atoms with E-state index in [4.69, 9.17) is 18.9 Å². The summed E-state index contributed by atoms with van der Waals surface area (Å²) in [5.41, 5.74) is -2.43. The summed E-state index contributed by atoms with van der Waals surface area (Å²) in [5.74, 6) is -1.42. The number of esters is 1. The zero-order valence-corrected chi connectivity index (χ0v) is 31.2. The number of hydrogen-bond acceptors (Lipinski definition) is 11. The zero-order chi connectivity index (χ0) is 35.4. The van der Waals surface area contributed by atoms with Gasteiger partial charge in [-0.3, -0.25) is 19.3 Å². The number of nitrogens with zero attached hydrogens (tertiary/aromatic N) is 4. The van der Waals surface area contributed by atoms with Gasteiger partial charge in [-0.1, -0.05) is 13.8 Å². The maximum Gasteiger partial charge on any atom is 0.319 e. The number of likely N-dealkylation sites (N-methyl/N-ethyl adjacent to an activating group) is 3. The molecule has 10 atom stereocenters. The molecule has 0 saturated carbocycles. The van der Waals surface area contributed by atoms with Crippen LogP contribution in [0.1, 0.15) is 67.2 Å². The van der Waals surface area contributed by atoms with Crippen molar-refractivity contribution in [1.82, 2.24) is 19.6 Å². The Kier molecular flexibility index (Phi) is 13.8. The lowest BCUT2D eigenvalue weighted by molar-refractivity contribution is -0.295. The number of carbonyl (C=O) groups is 3. The third-order valence-corrected chi connectivity index (χ3v) is 10.7. The molecule has 12 nitrogen and oxygen atoms in total. The van der Waals surface area contributed by atoms with Crippen LogP contribution in [-0.2, 0) is 33.3 Å². The fourth-order valence-electron chi connectivity index (χ4n) is 7.98. The molecule has 0 aromatic carbocycles. The summed E-state index contributed by atoms with van der Waals surface area (Å²) in [6.45, 7) is 13.5. The van der Waals surface area contributed by atoms with Crippen LogP contribution in [0.4, 0.5) is 0 Å². The van der Waals surface area contributed by atoms with Crippen LogP contribution in [0.5, 0.6) is 0 Å². The van der Waals surface area contributed by atoms with Gasteiger partial charge >= 0.3 is 5.97 Å². The smallest absolute Gasteiger partial charge is 0.319 e. The number of amides is 1. The summed E-state index contributed by atoms with van der Waals surface area (Å²) in [6.07, 6.45) is 0.0335. The van der Waals surface area contributed by atoms with Crippen molar-refractivity contribution in [3.05, 3.63) is 0 Å². The van der Waals surface area contributed by atoms with Crippen molar-refractivity contribution < 1.29 is 38.4 Å². The fourth-order valence-corrected chi connectivity index (χ4v) is 7.98. The molecule has 0 aliphatic carbocycles. The Labute approximate surface area is 283 Å². The quantitative estimate of drug-likeness (QED) is 0.317. The van der Waals surface area contributed by atoms with Crippen molar-refractivity contribution in [3.8, 4) is 0 Å². The molecular formula is C35H64N4O8. The molecule has 3 heterocycles. The van der Waals surface area contributed by atoms with Gasteiger partial charge in [0, 0.05) is 44.7 Å². The van der Waals surface area contributed by atoms with E-state index in [2.05, 4.69) is 11.8 Å². The molecule has 1 unspecified atom stereocenters. The Morgan fingerprint density at radius 1 is 1.09 bits per heavy atom. The number of hydrogen-bond donors (Lipinski definition) is 1. The summed E-state index contributed by atoms with van der Waals surface area (Å²) in [6, 6.07) is -0.334. The molecule has 0 aromatic rings. The molecule has 12 heteroatoms. The van der Waals surface area contributed by atoms with Crippen LogP contribution in [0, 0.1) is 23.2 Å². The van der Waals surface area contributed by atoms with Gasteiger partial charge in [-0.2, -0.15) is 0 Å². The second kappa shape index (κ2) is 16.4. The predicted octanol–water partition coefficient (Wildman–Crippen LogP) is 2.12. The van der Waals surface area contributed by atoms with E-state index in [1.165, 1.54) is 0 Å². The molecule has 0 radical (unpaired) electrons. The molecule has 3 saturated heterocycles. The Morgan fingerprint density at radius 3 is 2.34 bits per heavy atom. The predicted molar refractivity (Wildman–Crippen MR) is 180 cm³/mol. The van der Waals surface area contributed by atoms with Crippen LogP contribution in [0.25, 0.3) is 0 Å². The normalized spacial score (nSPS) is 38.4. The lowest BCUT2D eigenvalue weighted by Gasteiger charge is -2.47. The van der Waals surface area contributed by atoms with Gasteiger partial charge in [0.1, 0.15) is 18.1 Å². The van der Waals surface area contributed by atoms with Crippen molar-refractivity contribution in [2.75, 3.05) is 75.1 Å². The average Bonchev–Trinajstić information content (AvgIpc) is 2.99. The molecular weight excluding hydrogens is 604 g/mol. The molecule has 3 fully saturated rings. The minimum Gasteiger partial charge on any atom is -0.463 e. The van der Waals surface area contributed by atoms with Gasteiger partial charge in [-0.25, -0.2) is 0 Å². The van der Waals surface area contributed by atoms with Crippen molar-refractivity contribution in [1.29, 1.82) is 0 Å². The third kappa shape index (κ3) is 9.52. The van der Waals surface area contributed by atoms with Gasteiger partial charge in [0.15, 0.2) is 12.1 Å². The van der Waals surface area contributed by atoms with Crippen molar-refractivity contribution in [2.45, 2.75) is 110 Å². The second-order valence-electron chi connectivity index (χ2n) is 15.8. The first-order valence-corrected chi connectivity index (χ1v) is 17.4. The van der Waals surface area contributed by atoms with Gasteiger partial charge in [0.2, 0.25) is 5.91 Å². The average molecular weight is 669 g/mol. The fraction of sp³-hybridized carbons (Fsp3) is 0.914. The maximum atomic E-state index is 14.3. The van der Waals surface area contributed by atoms with Crippen LogP contribution in [-0.4, -0.2) is 160 Å². The number of likely N-dealkylation sites (tertiary alicyclic amines) is 1. The second-order valence-corrected chi connectivity index (χ2v) is 15.8. The molecule has 1 N–H and O–H groups in total. The number of aliphatic hydroxyl groups excluding tert-OH is 1.